The number of hydrogen-bond donors (Lipinski definition) is 0. The summed E-state index contributed by atoms with van der Waals surface area (Å²) in [6.45, 7) is 0.794. The number of alkyl halides is 14. The third-order valence-corrected chi connectivity index (χ3v) is 3.57. The average Bonchev–Trinajstić information content (AvgIpc) is 2.51. The maximum Gasteiger partial charge on any atom is 0.460 e. The van der Waals surface area contributed by atoms with Gasteiger partial charge >= 0.3 is 36.0 Å². The Bertz CT molecular complexity index is 710. The Hall–Kier alpha value is -1.76. The zero-order chi connectivity index (χ0) is 22.6. The molecular weight excluding hydrogens is 434 g/mol. The van der Waals surface area contributed by atoms with Crippen molar-refractivity contribution < 1.29 is 61.5 Å². The maximum absolute atomic E-state index is 13.8. The molecule has 0 aromatic heterocycles. The fourth-order valence-corrected chi connectivity index (χ4v) is 1.98. The van der Waals surface area contributed by atoms with Gasteiger partial charge in [0.15, 0.2) is 0 Å². The lowest BCUT2D eigenvalue weighted by molar-refractivity contribution is -0.361. The molecule has 0 amide bonds. The molecule has 0 unspecified atom stereocenters. The van der Waals surface area contributed by atoms with Crippen LogP contribution in [0.1, 0.15) is 23.6 Å². The molecule has 0 nitrogen and oxygen atoms in total. The third-order valence-electron chi connectivity index (χ3n) is 3.57. The van der Waals surface area contributed by atoms with Crippen molar-refractivity contribution in [3.63, 3.8) is 0 Å². The van der Waals surface area contributed by atoms with E-state index in [0.29, 0.717) is 6.42 Å². The molecule has 0 spiro atoms. The Morgan fingerprint density at radius 1 is 0.607 bits per heavy atom. The van der Waals surface area contributed by atoms with Gasteiger partial charge in [0.05, 0.1) is 0 Å². The minimum atomic E-state index is -6.89. The van der Waals surface area contributed by atoms with Gasteiger partial charge in [-0.2, -0.15) is 61.5 Å². The highest BCUT2D eigenvalue weighted by Crippen LogP contribution is 2.55. The molecule has 0 aliphatic heterocycles. The fourth-order valence-electron chi connectivity index (χ4n) is 1.98. The molecule has 0 bridgehead atoms. The minimum absolute atomic E-state index is 0.00854. The Morgan fingerprint density at radius 3 is 1.36 bits per heavy atom. The molecule has 0 N–H and O–H groups in total. The highest BCUT2D eigenvalue weighted by atomic mass is 19.4. The fraction of sp³-hybridized carbons (Fsp3) is 0.500. The maximum atomic E-state index is 13.8. The molecule has 0 aliphatic rings. The van der Waals surface area contributed by atoms with E-state index in [0.717, 1.165) is 6.92 Å². The van der Waals surface area contributed by atoms with Gasteiger partial charge in [-0.1, -0.05) is 19.1 Å². The van der Waals surface area contributed by atoms with Crippen molar-refractivity contribution in [2.45, 2.75) is 43.0 Å². The van der Waals surface area contributed by atoms with Crippen LogP contribution in [0.25, 0.3) is 0 Å². The molecule has 1 aromatic rings. The molecule has 1 rings (SSSR count). The van der Waals surface area contributed by atoms with Crippen LogP contribution in [-0.4, -0.2) is 24.2 Å². The number of hydrogen-bond acceptors (Lipinski definition) is 0. The SMILES string of the molecule is C[CH]c1ccc(C(F)(F)C(F)(F)C(F)(F)F)cc1C(F)(F)C(F)(F)C(F)(F)F. The van der Waals surface area contributed by atoms with Gasteiger partial charge in [0, 0.05) is 11.1 Å². The molecule has 0 saturated carbocycles. The van der Waals surface area contributed by atoms with Crippen LogP contribution in [0.15, 0.2) is 18.2 Å². The molecule has 161 valence electrons. The quantitative estimate of drug-likeness (QED) is 0.439. The summed E-state index contributed by atoms with van der Waals surface area (Å²) in [7, 11) is 0. The van der Waals surface area contributed by atoms with Gasteiger partial charge in [-0.15, -0.1) is 0 Å². The van der Waals surface area contributed by atoms with Crippen LogP contribution in [-0.2, 0) is 11.8 Å². The monoisotopic (exact) mass is 441 g/mol. The van der Waals surface area contributed by atoms with Crippen LogP contribution in [0, 0.1) is 6.42 Å². The van der Waals surface area contributed by atoms with Gasteiger partial charge in [0.2, 0.25) is 0 Å². The van der Waals surface area contributed by atoms with Crippen molar-refractivity contribution >= 4 is 0 Å². The summed E-state index contributed by atoms with van der Waals surface area (Å²) < 4.78 is 181. The molecule has 14 heteroatoms. The predicted octanol–water partition coefficient (Wildman–Crippen LogP) is 6.84. The number of rotatable bonds is 5. The van der Waals surface area contributed by atoms with Crippen LogP contribution in [0.5, 0.6) is 0 Å². The predicted molar refractivity (Wildman–Crippen MR) is 65.3 cm³/mol. The zero-order valence-corrected chi connectivity index (χ0v) is 13.1. The molecule has 0 aliphatic carbocycles. The van der Waals surface area contributed by atoms with Gasteiger partial charge in [-0.05, 0) is 18.1 Å². The topological polar surface area (TPSA) is 0 Å². The van der Waals surface area contributed by atoms with Gasteiger partial charge in [0.25, 0.3) is 0 Å². The molecule has 1 radical (unpaired) electrons. The summed E-state index contributed by atoms with van der Waals surface area (Å²) in [5, 5.41) is 0. The Labute approximate surface area is 147 Å². The number of halogens is 14. The smallest absolute Gasteiger partial charge is 0.194 e. The van der Waals surface area contributed by atoms with Crippen molar-refractivity contribution in [3.05, 3.63) is 41.3 Å². The van der Waals surface area contributed by atoms with E-state index < -0.39 is 58.8 Å². The first-order valence-corrected chi connectivity index (χ1v) is 6.75. The van der Waals surface area contributed by atoms with E-state index in [1.807, 2.05) is 0 Å². The van der Waals surface area contributed by atoms with Gasteiger partial charge in [0.1, 0.15) is 0 Å². The lowest BCUT2D eigenvalue weighted by Crippen LogP contribution is -2.51. The zero-order valence-electron chi connectivity index (χ0n) is 13.1. The largest absolute Gasteiger partial charge is 0.460 e. The van der Waals surface area contributed by atoms with Crippen LogP contribution < -0.4 is 0 Å². The Balaban J connectivity index is 3.75. The molecule has 0 saturated heterocycles. The van der Waals surface area contributed by atoms with E-state index in [1.165, 1.54) is 0 Å². The van der Waals surface area contributed by atoms with E-state index in [1.54, 1.807) is 0 Å². The second-order valence-corrected chi connectivity index (χ2v) is 5.38. The van der Waals surface area contributed by atoms with Crippen molar-refractivity contribution in [1.29, 1.82) is 0 Å². The standard InChI is InChI=1S/C14H7F14/c1-2-6-3-4-7(9(15,16)11(19,20)13(23,24)25)5-8(6)10(17,18)12(21,22)14(26,27)28/h2-5H,1H3. The second kappa shape index (κ2) is 6.65. The van der Waals surface area contributed by atoms with E-state index in [2.05, 4.69) is 0 Å². The Kier molecular flexibility index (Phi) is 5.76. The molecule has 0 fully saturated rings. The molecule has 0 heterocycles. The van der Waals surface area contributed by atoms with E-state index in [9.17, 15) is 61.5 Å². The van der Waals surface area contributed by atoms with Crippen molar-refractivity contribution in [3.8, 4) is 0 Å². The van der Waals surface area contributed by atoms with E-state index >= 15 is 0 Å². The number of benzene rings is 1. The molecule has 1 aromatic carbocycles. The van der Waals surface area contributed by atoms with Crippen LogP contribution in [0.3, 0.4) is 0 Å². The summed E-state index contributed by atoms with van der Waals surface area (Å²) in [5.41, 5.74) is -6.26. The van der Waals surface area contributed by atoms with Gasteiger partial charge < -0.3 is 0 Å². The first-order valence-electron chi connectivity index (χ1n) is 6.75. The first-order chi connectivity index (χ1) is 12.2. The third kappa shape index (κ3) is 3.49. The van der Waals surface area contributed by atoms with Crippen molar-refractivity contribution in [2.75, 3.05) is 0 Å². The Morgan fingerprint density at radius 2 is 1.00 bits per heavy atom. The lowest BCUT2D eigenvalue weighted by Gasteiger charge is -2.32. The molecule has 28 heavy (non-hydrogen) atoms. The van der Waals surface area contributed by atoms with Gasteiger partial charge in [-0.3, -0.25) is 0 Å². The lowest BCUT2D eigenvalue weighted by atomic mass is 9.90. The van der Waals surface area contributed by atoms with Crippen LogP contribution in [0.2, 0.25) is 0 Å². The summed E-state index contributed by atoms with van der Waals surface area (Å²) in [4.78, 5) is 0. The highest BCUT2D eigenvalue weighted by Gasteiger charge is 2.75. The molecular formula is C14H7F14. The summed E-state index contributed by atoms with van der Waals surface area (Å²) in [6.07, 6.45) is -13.3. The van der Waals surface area contributed by atoms with Crippen molar-refractivity contribution in [2.24, 2.45) is 0 Å². The van der Waals surface area contributed by atoms with E-state index in [-0.39, 0.29) is 12.1 Å². The normalized spacial score (nSPS) is 15.1. The second-order valence-electron chi connectivity index (χ2n) is 5.38. The molecule has 0 atom stereocenters. The van der Waals surface area contributed by atoms with Crippen molar-refractivity contribution in [1.82, 2.24) is 0 Å². The van der Waals surface area contributed by atoms with Crippen LogP contribution >= 0.6 is 0 Å². The first kappa shape index (κ1) is 24.3. The van der Waals surface area contributed by atoms with Gasteiger partial charge in [-0.25, -0.2) is 0 Å². The van der Waals surface area contributed by atoms with E-state index in [4.69, 9.17) is 0 Å². The summed E-state index contributed by atoms with van der Waals surface area (Å²) >= 11 is 0. The summed E-state index contributed by atoms with van der Waals surface area (Å²) in [6, 6.07) is -1.17. The average molecular weight is 441 g/mol. The highest BCUT2D eigenvalue weighted by molar-refractivity contribution is 5.42. The minimum Gasteiger partial charge on any atom is -0.194 e. The van der Waals surface area contributed by atoms with Crippen LogP contribution in [0.4, 0.5) is 61.5 Å². The summed E-state index contributed by atoms with van der Waals surface area (Å²) in [5.74, 6) is -26.2.